The number of carbonyl (C=O) groups excluding carboxylic acids is 2. The van der Waals surface area contributed by atoms with E-state index >= 15 is 0 Å². The number of hydrogen-bond acceptors (Lipinski definition) is 7. The van der Waals surface area contributed by atoms with Gasteiger partial charge in [0.2, 0.25) is 5.95 Å². The zero-order valence-electron chi connectivity index (χ0n) is 12.7. The summed E-state index contributed by atoms with van der Waals surface area (Å²) in [6, 6.07) is 0.938. The Morgan fingerprint density at radius 2 is 2.23 bits per heavy atom. The number of rotatable bonds is 5. The fourth-order valence-electron chi connectivity index (χ4n) is 2.13. The highest BCUT2D eigenvalue weighted by atomic mass is 16.6. The number of nitrogens with zero attached hydrogens (tertiary/aromatic N) is 3. The fraction of sp³-hybridized carbons (Fsp3) is 0.538. The monoisotopic (exact) mass is 308 g/mol. The Morgan fingerprint density at radius 1 is 1.50 bits per heavy atom. The molecule has 0 bridgehead atoms. The predicted octanol–water partition coefficient (Wildman–Crippen LogP) is 0.248. The summed E-state index contributed by atoms with van der Waals surface area (Å²) in [5.41, 5.74) is 2.04. The number of hydrogen-bond donors (Lipinski definition) is 3. The Kier molecular flexibility index (Phi) is 4.76. The summed E-state index contributed by atoms with van der Waals surface area (Å²) in [5, 5.41) is 2.82. The van der Waals surface area contributed by atoms with Gasteiger partial charge in [-0.15, -0.1) is 0 Å². The zero-order valence-corrected chi connectivity index (χ0v) is 12.7. The molecule has 4 N–H and O–H groups in total. The minimum atomic E-state index is -0.605. The van der Waals surface area contributed by atoms with Gasteiger partial charge in [0.15, 0.2) is 0 Å². The van der Waals surface area contributed by atoms with Crippen LogP contribution in [0.4, 0.5) is 16.6 Å². The third-order valence-corrected chi connectivity index (χ3v) is 3.44. The normalized spacial score (nSPS) is 19.0. The average Bonchev–Trinajstić information content (AvgIpc) is 2.88. The third-order valence-electron chi connectivity index (χ3n) is 3.44. The first-order valence-electron chi connectivity index (χ1n) is 7.00. The van der Waals surface area contributed by atoms with Gasteiger partial charge in [-0.25, -0.2) is 15.6 Å². The minimum Gasteiger partial charge on any atom is -0.447 e. The number of nitrogens with one attached hydrogen (secondary N) is 2. The Morgan fingerprint density at radius 3 is 2.86 bits per heavy atom. The maximum absolute atomic E-state index is 11.9. The van der Waals surface area contributed by atoms with Crippen LogP contribution in [-0.2, 0) is 9.53 Å². The van der Waals surface area contributed by atoms with Crippen LogP contribution in [-0.4, -0.2) is 40.7 Å². The van der Waals surface area contributed by atoms with E-state index in [1.807, 2.05) is 19.3 Å². The van der Waals surface area contributed by atoms with E-state index in [1.165, 1.54) is 11.1 Å². The molecular weight excluding hydrogens is 288 g/mol. The zero-order chi connectivity index (χ0) is 16.3. The number of amides is 2. The molecule has 9 nitrogen and oxygen atoms in total. The molecular formula is C13H20N6O3. The van der Waals surface area contributed by atoms with Crippen LogP contribution in [0, 0.1) is 5.92 Å². The van der Waals surface area contributed by atoms with Crippen LogP contribution in [0.1, 0.15) is 20.8 Å². The van der Waals surface area contributed by atoms with Gasteiger partial charge in [0.1, 0.15) is 18.5 Å². The SMILES string of the molecule is CC(C)[C@H]1COC(=O)N1c1ccnc(N[C@@H](C)C(=O)NN)n1. The number of carbonyl (C=O) groups is 2. The first kappa shape index (κ1) is 16.0. The molecule has 1 aromatic rings. The maximum atomic E-state index is 11.9. The number of hydrazine groups is 1. The predicted molar refractivity (Wildman–Crippen MR) is 79.9 cm³/mol. The van der Waals surface area contributed by atoms with Gasteiger partial charge in [0, 0.05) is 6.20 Å². The Bertz CT molecular complexity index is 564. The lowest BCUT2D eigenvalue weighted by Crippen LogP contribution is -2.42. The number of anilines is 2. The van der Waals surface area contributed by atoms with Crippen molar-refractivity contribution in [1.82, 2.24) is 15.4 Å². The highest BCUT2D eigenvalue weighted by Crippen LogP contribution is 2.25. The van der Waals surface area contributed by atoms with Crippen LogP contribution in [0.3, 0.4) is 0 Å². The molecule has 0 radical (unpaired) electrons. The molecule has 120 valence electrons. The molecule has 0 spiro atoms. The minimum absolute atomic E-state index is 0.0833. The first-order valence-corrected chi connectivity index (χ1v) is 7.00. The molecule has 0 saturated carbocycles. The van der Waals surface area contributed by atoms with Crippen molar-refractivity contribution >= 4 is 23.8 Å². The maximum Gasteiger partial charge on any atom is 0.415 e. The molecule has 0 unspecified atom stereocenters. The first-order chi connectivity index (χ1) is 10.4. The Hall–Kier alpha value is -2.42. The summed E-state index contributed by atoms with van der Waals surface area (Å²) in [6.45, 7) is 5.97. The standard InChI is InChI=1S/C13H20N6O3/c1-7(2)9-6-22-13(21)19(9)10-4-5-15-12(17-10)16-8(3)11(20)18-14/h4-5,7-9H,6,14H2,1-3H3,(H,18,20)(H,15,16,17)/t8-,9+/m0/s1. The lowest BCUT2D eigenvalue weighted by Gasteiger charge is -2.23. The number of ether oxygens (including phenoxy) is 1. The second-order valence-electron chi connectivity index (χ2n) is 5.37. The van der Waals surface area contributed by atoms with Crippen LogP contribution in [0.25, 0.3) is 0 Å². The van der Waals surface area contributed by atoms with Crippen LogP contribution in [0.5, 0.6) is 0 Å². The van der Waals surface area contributed by atoms with Gasteiger partial charge in [-0.05, 0) is 18.9 Å². The fourth-order valence-corrected chi connectivity index (χ4v) is 2.13. The Labute approximate surface area is 128 Å². The van der Waals surface area contributed by atoms with Crippen LogP contribution in [0.15, 0.2) is 12.3 Å². The summed E-state index contributed by atoms with van der Waals surface area (Å²) in [6.07, 6.45) is 1.08. The van der Waals surface area contributed by atoms with Gasteiger partial charge >= 0.3 is 6.09 Å². The van der Waals surface area contributed by atoms with Crippen molar-refractivity contribution in [1.29, 1.82) is 0 Å². The van der Waals surface area contributed by atoms with Crippen molar-refractivity contribution in [2.45, 2.75) is 32.9 Å². The van der Waals surface area contributed by atoms with Crippen molar-refractivity contribution in [2.75, 3.05) is 16.8 Å². The second-order valence-corrected chi connectivity index (χ2v) is 5.37. The van der Waals surface area contributed by atoms with Gasteiger partial charge in [0.05, 0.1) is 6.04 Å². The third kappa shape index (κ3) is 3.25. The van der Waals surface area contributed by atoms with Gasteiger partial charge in [-0.3, -0.25) is 15.1 Å². The van der Waals surface area contributed by atoms with E-state index in [0.29, 0.717) is 12.4 Å². The molecule has 1 aliphatic heterocycles. The molecule has 2 amide bonds. The van der Waals surface area contributed by atoms with Gasteiger partial charge in [-0.2, -0.15) is 4.98 Å². The molecule has 1 saturated heterocycles. The van der Waals surface area contributed by atoms with E-state index in [-0.39, 0.29) is 17.9 Å². The number of nitrogens with two attached hydrogens (primary N) is 1. The molecule has 2 rings (SSSR count). The topological polar surface area (TPSA) is 122 Å². The van der Waals surface area contributed by atoms with E-state index in [9.17, 15) is 9.59 Å². The molecule has 22 heavy (non-hydrogen) atoms. The summed E-state index contributed by atoms with van der Waals surface area (Å²) >= 11 is 0. The van der Waals surface area contributed by atoms with Gasteiger partial charge < -0.3 is 10.1 Å². The summed E-state index contributed by atoms with van der Waals surface area (Å²) in [5.74, 6) is 5.57. The van der Waals surface area contributed by atoms with Crippen molar-refractivity contribution < 1.29 is 14.3 Å². The molecule has 1 aromatic heterocycles. The molecule has 9 heteroatoms. The number of aromatic nitrogens is 2. The van der Waals surface area contributed by atoms with E-state index in [0.717, 1.165) is 0 Å². The quantitative estimate of drug-likeness (QED) is 0.405. The van der Waals surface area contributed by atoms with Crippen molar-refractivity contribution in [3.63, 3.8) is 0 Å². The molecule has 0 aliphatic carbocycles. The van der Waals surface area contributed by atoms with E-state index < -0.39 is 18.0 Å². The molecule has 1 aliphatic rings. The lowest BCUT2D eigenvalue weighted by molar-refractivity contribution is -0.121. The van der Waals surface area contributed by atoms with Gasteiger partial charge in [-0.1, -0.05) is 13.8 Å². The Balaban J connectivity index is 2.20. The molecule has 0 aromatic carbocycles. The van der Waals surface area contributed by atoms with E-state index in [2.05, 4.69) is 15.3 Å². The van der Waals surface area contributed by atoms with Crippen LogP contribution >= 0.6 is 0 Å². The molecule has 1 fully saturated rings. The second kappa shape index (κ2) is 6.56. The van der Waals surface area contributed by atoms with Gasteiger partial charge in [0.25, 0.3) is 5.91 Å². The van der Waals surface area contributed by atoms with Crippen molar-refractivity contribution in [2.24, 2.45) is 11.8 Å². The summed E-state index contributed by atoms with van der Waals surface area (Å²) in [7, 11) is 0. The van der Waals surface area contributed by atoms with Crippen molar-refractivity contribution in [3.05, 3.63) is 12.3 Å². The van der Waals surface area contributed by atoms with Crippen molar-refractivity contribution in [3.8, 4) is 0 Å². The van der Waals surface area contributed by atoms with Crippen LogP contribution in [0.2, 0.25) is 0 Å². The molecule has 2 atom stereocenters. The van der Waals surface area contributed by atoms with E-state index in [1.54, 1.807) is 13.0 Å². The van der Waals surface area contributed by atoms with Crippen LogP contribution < -0.4 is 21.5 Å². The summed E-state index contributed by atoms with van der Waals surface area (Å²) < 4.78 is 5.10. The highest BCUT2D eigenvalue weighted by Gasteiger charge is 2.37. The lowest BCUT2D eigenvalue weighted by atomic mass is 10.0. The number of cyclic esters (lactones) is 1. The van der Waals surface area contributed by atoms with E-state index in [4.69, 9.17) is 10.6 Å². The smallest absolute Gasteiger partial charge is 0.415 e. The summed E-state index contributed by atoms with van der Waals surface area (Å²) in [4.78, 5) is 33.2. The molecule has 2 heterocycles. The highest BCUT2D eigenvalue weighted by molar-refractivity contribution is 5.89. The largest absolute Gasteiger partial charge is 0.447 e. The average molecular weight is 308 g/mol.